The van der Waals surface area contributed by atoms with Crippen molar-refractivity contribution in [3.05, 3.63) is 23.3 Å². The van der Waals surface area contributed by atoms with Crippen LogP contribution in [0.25, 0.3) is 0 Å². The Morgan fingerprint density at radius 1 is 1.29 bits per heavy atom. The summed E-state index contributed by atoms with van der Waals surface area (Å²) in [5.41, 5.74) is 2.31. The van der Waals surface area contributed by atoms with E-state index in [0.29, 0.717) is 11.8 Å². The van der Waals surface area contributed by atoms with E-state index >= 15 is 0 Å². The summed E-state index contributed by atoms with van der Waals surface area (Å²) in [5, 5.41) is 0. The Hall–Kier alpha value is -0.920. The molecule has 0 saturated heterocycles. The first-order valence-corrected chi connectivity index (χ1v) is 5.52. The number of rotatable bonds is 2. The molecule has 1 aromatic rings. The van der Waals surface area contributed by atoms with Crippen molar-refractivity contribution in [1.29, 1.82) is 0 Å². The van der Waals surface area contributed by atoms with Gasteiger partial charge in [-0.3, -0.25) is 0 Å². The number of aromatic nitrogens is 2. The van der Waals surface area contributed by atoms with Crippen LogP contribution in [0.15, 0.2) is 6.07 Å². The second-order valence-corrected chi connectivity index (χ2v) is 4.57. The second kappa shape index (κ2) is 3.68. The van der Waals surface area contributed by atoms with Gasteiger partial charge in [0.1, 0.15) is 5.82 Å². The SMILES string of the molecule is Cc1cc(C(C)C)nc(C2CCC2)n1. The summed E-state index contributed by atoms with van der Waals surface area (Å²) in [6.07, 6.45) is 3.90. The van der Waals surface area contributed by atoms with Crippen LogP contribution in [0.3, 0.4) is 0 Å². The number of nitrogens with zero attached hydrogens (tertiary/aromatic N) is 2. The van der Waals surface area contributed by atoms with E-state index in [-0.39, 0.29) is 0 Å². The molecule has 0 radical (unpaired) electrons. The molecule has 0 N–H and O–H groups in total. The van der Waals surface area contributed by atoms with Gasteiger partial charge in [-0.15, -0.1) is 0 Å². The van der Waals surface area contributed by atoms with Crippen molar-refractivity contribution in [2.75, 3.05) is 0 Å². The molecule has 0 aliphatic heterocycles. The topological polar surface area (TPSA) is 25.8 Å². The summed E-state index contributed by atoms with van der Waals surface area (Å²) in [6.45, 7) is 6.44. The number of hydrogen-bond acceptors (Lipinski definition) is 2. The third kappa shape index (κ3) is 1.79. The van der Waals surface area contributed by atoms with Gasteiger partial charge in [-0.25, -0.2) is 9.97 Å². The first kappa shape index (κ1) is 9.63. The van der Waals surface area contributed by atoms with Crippen LogP contribution in [-0.4, -0.2) is 9.97 Å². The van der Waals surface area contributed by atoms with E-state index < -0.39 is 0 Å². The van der Waals surface area contributed by atoms with Gasteiger partial charge in [0.05, 0.1) is 0 Å². The maximum Gasteiger partial charge on any atom is 0.131 e. The highest BCUT2D eigenvalue weighted by molar-refractivity contribution is 5.15. The van der Waals surface area contributed by atoms with E-state index in [0.717, 1.165) is 11.5 Å². The third-order valence-corrected chi connectivity index (χ3v) is 2.95. The van der Waals surface area contributed by atoms with Crippen molar-refractivity contribution in [3.8, 4) is 0 Å². The summed E-state index contributed by atoms with van der Waals surface area (Å²) in [6, 6.07) is 2.10. The van der Waals surface area contributed by atoms with Crippen LogP contribution < -0.4 is 0 Å². The summed E-state index contributed by atoms with van der Waals surface area (Å²) in [4.78, 5) is 9.17. The molecule has 0 atom stereocenters. The van der Waals surface area contributed by atoms with Gasteiger partial charge in [-0.05, 0) is 31.7 Å². The zero-order valence-corrected chi connectivity index (χ0v) is 9.25. The summed E-state index contributed by atoms with van der Waals surface area (Å²) < 4.78 is 0. The molecule has 1 aliphatic rings. The van der Waals surface area contributed by atoms with E-state index in [1.54, 1.807) is 0 Å². The Labute approximate surface area is 85.8 Å². The number of hydrogen-bond donors (Lipinski definition) is 0. The molecule has 1 aliphatic carbocycles. The molecule has 1 heterocycles. The first-order chi connectivity index (χ1) is 6.66. The minimum Gasteiger partial charge on any atom is -0.238 e. The Morgan fingerprint density at radius 2 is 2.00 bits per heavy atom. The minimum absolute atomic E-state index is 0.510. The summed E-state index contributed by atoms with van der Waals surface area (Å²) in [7, 11) is 0. The van der Waals surface area contributed by atoms with Gasteiger partial charge in [0, 0.05) is 17.3 Å². The van der Waals surface area contributed by atoms with Crippen LogP contribution in [-0.2, 0) is 0 Å². The van der Waals surface area contributed by atoms with E-state index in [4.69, 9.17) is 0 Å². The first-order valence-electron chi connectivity index (χ1n) is 5.52. The average Bonchev–Trinajstić information content (AvgIpc) is 1.99. The molecule has 2 nitrogen and oxygen atoms in total. The van der Waals surface area contributed by atoms with Crippen molar-refractivity contribution < 1.29 is 0 Å². The predicted molar refractivity (Wildman–Crippen MR) is 57.5 cm³/mol. The smallest absolute Gasteiger partial charge is 0.131 e. The van der Waals surface area contributed by atoms with Crippen molar-refractivity contribution >= 4 is 0 Å². The quantitative estimate of drug-likeness (QED) is 0.715. The molecule has 0 unspecified atom stereocenters. The average molecular weight is 190 g/mol. The fourth-order valence-corrected chi connectivity index (χ4v) is 1.76. The van der Waals surface area contributed by atoms with Crippen LogP contribution in [0.1, 0.15) is 62.2 Å². The molecular formula is C12H18N2. The van der Waals surface area contributed by atoms with E-state index in [2.05, 4.69) is 36.8 Å². The van der Waals surface area contributed by atoms with Crippen molar-refractivity contribution in [2.45, 2.75) is 51.9 Å². The Balaban J connectivity index is 2.30. The second-order valence-electron chi connectivity index (χ2n) is 4.57. The normalized spacial score (nSPS) is 17.1. The van der Waals surface area contributed by atoms with Gasteiger partial charge < -0.3 is 0 Å². The van der Waals surface area contributed by atoms with Crippen LogP contribution >= 0.6 is 0 Å². The molecule has 2 heteroatoms. The van der Waals surface area contributed by atoms with E-state index in [1.165, 1.54) is 25.0 Å². The summed E-state index contributed by atoms with van der Waals surface area (Å²) in [5.74, 6) is 2.24. The van der Waals surface area contributed by atoms with Crippen LogP contribution in [0, 0.1) is 6.92 Å². The van der Waals surface area contributed by atoms with E-state index in [9.17, 15) is 0 Å². The molecule has 14 heavy (non-hydrogen) atoms. The molecule has 0 aromatic carbocycles. The highest BCUT2D eigenvalue weighted by Gasteiger charge is 2.22. The Morgan fingerprint density at radius 3 is 2.50 bits per heavy atom. The van der Waals surface area contributed by atoms with Gasteiger partial charge >= 0.3 is 0 Å². The lowest BCUT2D eigenvalue weighted by molar-refractivity contribution is 0.399. The molecule has 1 saturated carbocycles. The van der Waals surface area contributed by atoms with Crippen LogP contribution in [0.2, 0.25) is 0 Å². The lowest BCUT2D eigenvalue weighted by Crippen LogP contribution is -2.14. The highest BCUT2D eigenvalue weighted by atomic mass is 14.9. The van der Waals surface area contributed by atoms with Gasteiger partial charge in [0.25, 0.3) is 0 Å². The maximum absolute atomic E-state index is 4.64. The Kier molecular flexibility index (Phi) is 2.53. The standard InChI is InChI=1S/C12H18N2/c1-8(2)11-7-9(3)13-12(14-11)10-5-4-6-10/h7-8,10H,4-6H2,1-3H3. The molecule has 1 fully saturated rings. The monoisotopic (exact) mass is 190 g/mol. The fraction of sp³-hybridized carbons (Fsp3) is 0.667. The van der Waals surface area contributed by atoms with E-state index in [1.807, 2.05) is 0 Å². The van der Waals surface area contributed by atoms with Crippen molar-refractivity contribution in [1.82, 2.24) is 9.97 Å². The molecular weight excluding hydrogens is 172 g/mol. The zero-order valence-electron chi connectivity index (χ0n) is 9.25. The van der Waals surface area contributed by atoms with Gasteiger partial charge in [0.2, 0.25) is 0 Å². The predicted octanol–water partition coefficient (Wildman–Crippen LogP) is 3.18. The Bertz CT molecular complexity index is 327. The maximum atomic E-state index is 4.64. The fourth-order valence-electron chi connectivity index (χ4n) is 1.76. The van der Waals surface area contributed by atoms with Gasteiger partial charge in [-0.1, -0.05) is 20.3 Å². The van der Waals surface area contributed by atoms with Crippen molar-refractivity contribution in [3.63, 3.8) is 0 Å². The molecule has 1 aromatic heterocycles. The molecule has 0 bridgehead atoms. The van der Waals surface area contributed by atoms with Crippen molar-refractivity contribution in [2.24, 2.45) is 0 Å². The van der Waals surface area contributed by atoms with Crippen LogP contribution in [0.5, 0.6) is 0 Å². The third-order valence-electron chi connectivity index (χ3n) is 2.95. The van der Waals surface area contributed by atoms with Gasteiger partial charge in [-0.2, -0.15) is 0 Å². The van der Waals surface area contributed by atoms with Crippen LogP contribution in [0.4, 0.5) is 0 Å². The minimum atomic E-state index is 0.510. The van der Waals surface area contributed by atoms with Gasteiger partial charge in [0.15, 0.2) is 0 Å². The lowest BCUT2D eigenvalue weighted by atomic mass is 9.84. The molecule has 76 valence electrons. The largest absolute Gasteiger partial charge is 0.238 e. The summed E-state index contributed by atoms with van der Waals surface area (Å²) >= 11 is 0. The molecule has 2 rings (SSSR count). The lowest BCUT2D eigenvalue weighted by Gasteiger charge is -2.24. The molecule has 0 spiro atoms. The zero-order chi connectivity index (χ0) is 10.1. The highest BCUT2D eigenvalue weighted by Crippen LogP contribution is 2.34. The molecule has 0 amide bonds. The number of aryl methyl sites for hydroxylation is 1.